The number of benzene rings is 3. The van der Waals surface area contributed by atoms with E-state index >= 15 is 0 Å². The summed E-state index contributed by atoms with van der Waals surface area (Å²) in [6.07, 6.45) is -0.730. The number of ether oxygens (including phenoxy) is 1. The molecule has 0 aliphatic rings. The Balaban J connectivity index is 1.98. The first-order valence-corrected chi connectivity index (χ1v) is 13.5. The fourth-order valence-electron chi connectivity index (χ4n) is 4.39. The molecule has 3 amide bonds. The molecule has 218 valence electrons. The quantitative estimate of drug-likeness (QED) is 0.280. The Labute approximate surface area is 241 Å². The molecular weight excluding hydrogens is 522 g/mol. The number of nitrogens with one attached hydrogen (secondary N) is 2. The van der Waals surface area contributed by atoms with Crippen LogP contribution in [0, 0.1) is 6.92 Å². The highest BCUT2D eigenvalue weighted by Gasteiger charge is 2.36. The van der Waals surface area contributed by atoms with Crippen molar-refractivity contribution >= 4 is 17.9 Å². The van der Waals surface area contributed by atoms with E-state index in [1.807, 2.05) is 49.4 Å². The van der Waals surface area contributed by atoms with Crippen molar-refractivity contribution in [2.75, 3.05) is 13.2 Å². The summed E-state index contributed by atoms with van der Waals surface area (Å²) in [6, 6.07) is 20.7. The van der Waals surface area contributed by atoms with Gasteiger partial charge in [-0.15, -0.1) is 0 Å². The van der Waals surface area contributed by atoms with Crippen LogP contribution in [0.15, 0.2) is 78.9 Å². The van der Waals surface area contributed by atoms with Crippen LogP contribution < -0.4 is 10.6 Å². The second-order valence-electron chi connectivity index (χ2n) is 10.8. The molecule has 0 saturated carbocycles. The predicted octanol–water partition coefficient (Wildman–Crippen LogP) is 4.02. The summed E-state index contributed by atoms with van der Waals surface area (Å²) in [6.45, 7) is 6.72. The standard InChI is InChI=1S/C32H39N3O6/c1-22-9-8-12-25(19-22)28(29(38)33-21-24-10-6-5-7-11-24)35(17-18-36)30(39)27(34-31(40)41-32(2,3)4)20-23-13-15-26(37)16-14-23/h5-16,19,27-28,36-37H,17-18,20-21H2,1-4H3,(H,33,38)(H,34,40). The fourth-order valence-corrected chi connectivity index (χ4v) is 4.39. The van der Waals surface area contributed by atoms with E-state index in [4.69, 9.17) is 4.74 Å². The zero-order valence-electron chi connectivity index (χ0n) is 24.0. The van der Waals surface area contributed by atoms with E-state index in [2.05, 4.69) is 10.6 Å². The Hall–Kier alpha value is -4.37. The van der Waals surface area contributed by atoms with E-state index < -0.39 is 42.2 Å². The summed E-state index contributed by atoms with van der Waals surface area (Å²) in [4.78, 5) is 42.0. The number of aliphatic hydroxyl groups excluding tert-OH is 1. The molecule has 4 N–H and O–H groups in total. The van der Waals surface area contributed by atoms with Gasteiger partial charge in [0.1, 0.15) is 23.4 Å². The maximum Gasteiger partial charge on any atom is 0.408 e. The lowest BCUT2D eigenvalue weighted by molar-refractivity contribution is -0.143. The summed E-state index contributed by atoms with van der Waals surface area (Å²) in [5.74, 6) is -0.936. The molecule has 3 rings (SSSR count). The lowest BCUT2D eigenvalue weighted by Crippen LogP contribution is -2.54. The van der Waals surface area contributed by atoms with E-state index in [1.54, 1.807) is 45.0 Å². The molecule has 0 fully saturated rings. The number of hydrogen-bond acceptors (Lipinski definition) is 6. The van der Waals surface area contributed by atoms with Gasteiger partial charge in [-0.2, -0.15) is 0 Å². The van der Waals surface area contributed by atoms with Crippen LogP contribution in [0.5, 0.6) is 5.75 Å². The van der Waals surface area contributed by atoms with Crippen LogP contribution in [-0.2, 0) is 27.3 Å². The SMILES string of the molecule is Cc1cccc(C(C(=O)NCc2ccccc2)N(CCO)C(=O)C(Cc2ccc(O)cc2)NC(=O)OC(C)(C)C)c1. The Kier molecular flexibility index (Phi) is 10.9. The molecule has 0 saturated heterocycles. The van der Waals surface area contributed by atoms with Gasteiger partial charge >= 0.3 is 6.09 Å². The first-order chi connectivity index (χ1) is 19.5. The van der Waals surface area contributed by atoms with E-state index in [0.29, 0.717) is 11.1 Å². The number of aliphatic hydroxyl groups is 1. The lowest BCUT2D eigenvalue weighted by atomic mass is 9.99. The van der Waals surface area contributed by atoms with Crippen LogP contribution in [0.1, 0.15) is 49.1 Å². The maximum atomic E-state index is 14.2. The molecule has 2 unspecified atom stereocenters. The minimum atomic E-state index is -1.13. The highest BCUT2D eigenvalue weighted by molar-refractivity contribution is 5.92. The normalized spacial score (nSPS) is 12.6. The van der Waals surface area contributed by atoms with Crippen LogP contribution in [0.2, 0.25) is 0 Å². The number of alkyl carbamates (subject to hydrolysis) is 1. The Morgan fingerprint density at radius 3 is 2.22 bits per heavy atom. The zero-order chi connectivity index (χ0) is 30.0. The van der Waals surface area contributed by atoms with Crippen molar-refractivity contribution in [3.63, 3.8) is 0 Å². The number of phenolic OH excluding ortho intramolecular Hbond substituents is 1. The smallest absolute Gasteiger partial charge is 0.408 e. The Morgan fingerprint density at radius 2 is 1.61 bits per heavy atom. The molecule has 9 heteroatoms. The molecule has 0 aromatic heterocycles. The molecule has 3 aromatic carbocycles. The predicted molar refractivity (Wildman–Crippen MR) is 156 cm³/mol. The summed E-state index contributed by atoms with van der Waals surface area (Å²) >= 11 is 0. The Morgan fingerprint density at radius 1 is 0.927 bits per heavy atom. The van der Waals surface area contributed by atoms with E-state index in [0.717, 1.165) is 11.1 Å². The van der Waals surface area contributed by atoms with Gasteiger partial charge in [0.15, 0.2) is 0 Å². The van der Waals surface area contributed by atoms with Crippen molar-refractivity contribution in [1.82, 2.24) is 15.5 Å². The number of carbonyl (C=O) groups excluding carboxylic acids is 3. The van der Waals surface area contributed by atoms with E-state index in [9.17, 15) is 24.6 Å². The van der Waals surface area contributed by atoms with Gasteiger partial charge in [-0.3, -0.25) is 9.59 Å². The van der Waals surface area contributed by atoms with Gasteiger partial charge in [-0.05, 0) is 56.5 Å². The average Bonchev–Trinajstić information content (AvgIpc) is 2.91. The number of amides is 3. The van der Waals surface area contributed by atoms with E-state index in [1.165, 1.54) is 17.0 Å². The molecule has 41 heavy (non-hydrogen) atoms. The van der Waals surface area contributed by atoms with Gasteiger partial charge in [0.2, 0.25) is 11.8 Å². The summed E-state index contributed by atoms with van der Waals surface area (Å²) < 4.78 is 5.42. The third kappa shape index (κ3) is 9.65. The molecule has 0 bridgehead atoms. The van der Waals surface area contributed by atoms with Crippen molar-refractivity contribution in [2.24, 2.45) is 0 Å². The number of carbonyl (C=O) groups is 3. The van der Waals surface area contributed by atoms with Crippen molar-refractivity contribution in [3.8, 4) is 5.75 Å². The number of hydrogen-bond donors (Lipinski definition) is 4. The second kappa shape index (κ2) is 14.3. The Bertz CT molecular complexity index is 1310. The van der Waals surface area contributed by atoms with Crippen molar-refractivity contribution < 1.29 is 29.3 Å². The number of rotatable bonds is 11. The highest BCUT2D eigenvalue weighted by atomic mass is 16.6. The van der Waals surface area contributed by atoms with Crippen LogP contribution in [-0.4, -0.2) is 57.8 Å². The van der Waals surface area contributed by atoms with Crippen molar-refractivity contribution in [2.45, 2.75) is 58.3 Å². The van der Waals surface area contributed by atoms with Crippen LogP contribution >= 0.6 is 0 Å². The second-order valence-corrected chi connectivity index (χ2v) is 10.8. The zero-order valence-corrected chi connectivity index (χ0v) is 24.0. The minimum absolute atomic E-state index is 0.0620. The monoisotopic (exact) mass is 561 g/mol. The van der Waals surface area contributed by atoms with Gasteiger partial charge in [-0.25, -0.2) is 4.79 Å². The van der Waals surface area contributed by atoms with Gasteiger partial charge in [-0.1, -0.05) is 72.3 Å². The molecule has 0 aliphatic carbocycles. The summed E-state index contributed by atoms with van der Waals surface area (Å²) in [7, 11) is 0. The fraction of sp³-hybridized carbons (Fsp3) is 0.344. The molecule has 0 aliphatic heterocycles. The highest BCUT2D eigenvalue weighted by Crippen LogP contribution is 2.25. The molecule has 9 nitrogen and oxygen atoms in total. The largest absolute Gasteiger partial charge is 0.508 e. The summed E-state index contributed by atoms with van der Waals surface area (Å²) in [5.41, 5.74) is 2.22. The van der Waals surface area contributed by atoms with E-state index in [-0.39, 0.29) is 25.3 Å². The number of aromatic hydroxyl groups is 1. The van der Waals surface area contributed by atoms with Crippen LogP contribution in [0.25, 0.3) is 0 Å². The number of nitrogens with zero attached hydrogens (tertiary/aromatic N) is 1. The van der Waals surface area contributed by atoms with Gasteiger partial charge in [0, 0.05) is 19.5 Å². The van der Waals surface area contributed by atoms with Crippen molar-refractivity contribution in [1.29, 1.82) is 0 Å². The van der Waals surface area contributed by atoms with Gasteiger partial charge in [0.25, 0.3) is 0 Å². The van der Waals surface area contributed by atoms with Crippen molar-refractivity contribution in [3.05, 3.63) is 101 Å². The molecule has 0 spiro atoms. The molecular formula is C32H39N3O6. The number of phenols is 1. The molecule has 2 atom stereocenters. The molecule has 3 aromatic rings. The minimum Gasteiger partial charge on any atom is -0.508 e. The topological polar surface area (TPSA) is 128 Å². The maximum absolute atomic E-state index is 14.2. The molecule has 0 heterocycles. The first-order valence-electron chi connectivity index (χ1n) is 13.5. The van der Waals surface area contributed by atoms with Crippen LogP contribution in [0.4, 0.5) is 4.79 Å². The molecule has 0 radical (unpaired) electrons. The average molecular weight is 562 g/mol. The van der Waals surface area contributed by atoms with Gasteiger partial charge < -0.3 is 30.5 Å². The van der Waals surface area contributed by atoms with Gasteiger partial charge in [0.05, 0.1) is 6.61 Å². The first kappa shape index (κ1) is 31.2. The van der Waals surface area contributed by atoms with Crippen LogP contribution in [0.3, 0.4) is 0 Å². The third-order valence-electron chi connectivity index (χ3n) is 6.22. The third-order valence-corrected chi connectivity index (χ3v) is 6.22. The lowest BCUT2D eigenvalue weighted by Gasteiger charge is -2.34. The number of aryl methyl sites for hydroxylation is 1. The summed E-state index contributed by atoms with van der Waals surface area (Å²) in [5, 5.41) is 25.3.